The number of halogens is 1. The first-order chi connectivity index (χ1) is 4.72. The first kappa shape index (κ1) is 15.6. The predicted octanol–water partition coefficient (Wildman–Crippen LogP) is 1.20. The van der Waals surface area contributed by atoms with Crippen molar-refractivity contribution >= 4 is 22.3 Å². The summed E-state index contributed by atoms with van der Waals surface area (Å²) in [7, 11) is -2.32. The molecule has 0 unspecified atom stereocenters. The van der Waals surface area contributed by atoms with Gasteiger partial charge < -0.3 is 8.42 Å². The predicted molar refractivity (Wildman–Crippen MR) is 35.1 cm³/mol. The van der Waals surface area contributed by atoms with Crippen molar-refractivity contribution in [3.63, 3.8) is 0 Å². The first-order valence-electron chi connectivity index (χ1n) is 2.32. The molecular weight excluding hydrogens is 446 g/mol. The molecule has 0 fully saturated rings. The van der Waals surface area contributed by atoms with Gasteiger partial charge in [-0.15, -0.1) is 10.7 Å². The van der Waals surface area contributed by atoms with Gasteiger partial charge in [0.25, 0.3) is 0 Å². The maximum Gasteiger partial charge on any atom is 0.0334 e. The van der Waals surface area contributed by atoms with E-state index < -0.39 is 10.7 Å². The molecule has 7 heteroatoms. The Morgan fingerprint density at radius 1 is 1.50 bits per heavy atom. The van der Waals surface area contributed by atoms with Crippen molar-refractivity contribution in [1.82, 2.24) is 4.98 Å². The molecule has 0 spiro atoms. The second kappa shape index (κ2) is 7.57. The maximum absolute atomic E-state index is 10.3. The third kappa shape index (κ3) is 4.43. The standard InChI is InChI=1S/C5H2ClNO2S.W.Y/c6-5-4(10(8)9)2-1-3-7-5;;/h2-3H;;/q-2;;. The molecule has 0 bridgehead atoms. The van der Waals surface area contributed by atoms with E-state index in [2.05, 4.69) is 11.1 Å². The number of hydrogen-bond donors (Lipinski definition) is 0. The van der Waals surface area contributed by atoms with Crippen molar-refractivity contribution < 1.29 is 62.2 Å². The van der Waals surface area contributed by atoms with E-state index in [0.29, 0.717) is 0 Å². The van der Waals surface area contributed by atoms with Crippen LogP contribution in [0.4, 0.5) is 0 Å². The van der Waals surface area contributed by atoms with Crippen LogP contribution < -0.4 is 0 Å². The fraction of sp³-hybridized carbons (Fsp3) is 0. The minimum atomic E-state index is -2.32. The molecule has 1 aromatic heterocycles. The summed E-state index contributed by atoms with van der Waals surface area (Å²) in [6, 6.07) is 3.76. The molecule has 0 saturated heterocycles. The monoisotopic (exact) mass is 448 g/mol. The van der Waals surface area contributed by atoms with Gasteiger partial charge in [-0.3, -0.25) is 4.98 Å². The molecule has 0 aliphatic carbocycles. The van der Waals surface area contributed by atoms with E-state index in [1.165, 1.54) is 12.3 Å². The van der Waals surface area contributed by atoms with Crippen LogP contribution in [0.5, 0.6) is 0 Å². The molecule has 3 nitrogen and oxygen atoms in total. The van der Waals surface area contributed by atoms with Gasteiger partial charge in [0.2, 0.25) is 0 Å². The normalized spacial score (nSPS) is 8.50. The van der Waals surface area contributed by atoms with E-state index in [4.69, 9.17) is 11.6 Å². The molecular formula is C5H2ClNO2SWY-2. The minimum absolute atomic E-state index is 0. The van der Waals surface area contributed by atoms with E-state index in [9.17, 15) is 8.42 Å². The second-order valence-corrected chi connectivity index (χ2v) is 2.73. The van der Waals surface area contributed by atoms with Gasteiger partial charge in [0.05, 0.1) is 0 Å². The van der Waals surface area contributed by atoms with Crippen LogP contribution in [-0.4, -0.2) is 4.98 Å². The molecule has 0 saturated carbocycles. The van der Waals surface area contributed by atoms with Gasteiger partial charge in [0.15, 0.2) is 0 Å². The molecule has 0 aliphatic rings. The van der Waals surface area contributed by atoms with E-state index in [0.717, 1.165) is 0 Å². The molecule has 12 heavy (non-hydrogen) atoms. The Kier molecular flexibility index (Phi) is 9.87. The van der Waals surface area contributed by atoms with Crippen LogP contribution in [0.25, 0.3) is 0 Å². The van der Waals surface area contributed by atoms with Gasteiger partial charge in [0, 0.05) is 58.9 Å². The van der Waals surface area contributed by atoms with Gasteiger partial charge >= 0.3 is 0 Å². The molecule has 1 radical (unpaired) electrons. The average molecular weight is 448 g/mol. The van der Waals surface area contributed by atoms with Gasteiger partial charge in [0.1, 0.15) is 0 Å². The molecule has 0 atom stereocenters. The maximum atomic E-state index is 10.3. The van der Waals surface area contributed by atoms with Gasteiger partial charge in [-0.2, -0.15) is 4.90 Å². The van der Waals surface area contributed by atoms with Crippen molar-refractivity contribution in [1.29, 1.82) is 0 Å². The Morgan fingerprint density at radius 2 is 2.08 bits per heavy atom. The van der Waals surface area contributed by atoms with Crippen molar-refractivity contribution in [3.8, 4) is 0 Å². The summed E-state index contributed by atoms with van der Waals surface area (Å²) < 4.78 is 20.6. The van der Waals surface area contributed by atoms with E-state index in [1.807, 2.05) is 0 Å². The summed E-state index contributed by atoms with van der Waals surface area (Å²) in [6.45, 7) is 0. The number of pyridine rings is 1. The molecule has 1 heterocycles. The molecule has 0 amide bonds. The van der Waals surface area contributed by atoms with Crippen molar-refractivity contribution in [2.24, 2.45) is 0 Å². The SMILES string of the molecule is O=[S-](=O)c1c[c-]cnc1Cl.[W].[Y]. The largest absolute Gasteiger partial charge is 0.438 e. The minimum Gasteiger partial charge on any atom is -0.438 e. The van der Waals surface area contributed by atoms with Crippen molar-refractivity contribution in [2.45, 2.75) is 4.90 Å². The summed E-state index contributed by atoms with van der Waals surface area (Å²) >= 11 is 5.40. The Balaban J connectivity index is 0. The Hall–Kier alpha value is 1.18. The van der Waals surface area contributed by atoms with Crippen LogP contribution in [0, 0.1) is 6.07 Å². The van der Waals surface area contributed by atoms with E-state index >= 15 is 0 Å². The van der Waals surface area contributed by atoms with Crippen LogP contribution in [0.15, 0.2) is 17.2 Å². The fourth-order valence-electron chi connectivity index (χ4n) is 0.447. The quantitative estimate of drug-likeness (QED) is 0.369. The van der Waals surface area contributed by atoms with E-state index in [1.54, 1.807) is 0 Å². The summed E-state index contributed by atoms with van der Waals surface area (Å²) in [5.41, 5.74) is 0. The molecule has 0 N–H and O–H groups in total. The Labute approximate surface area is 116 Å². The third-order valence-electron chi connectivity index (χ3n) is 0.850. The van der Waals surface area contributed by atoms with Crippen LogP contribution in [0.2, 0.25) is 5.15 Å². The summed E-state index contributed by atoms with van der Waals surface area (Å²) in [5, 5.41) is -0.0212. The third-order valence-corrected chi connectivity index (χ3v) is 1.93. The van der Waals surface area contributed by atoms with Crippen LogP contribution in [0.3, 0.4) is 0 Å². The molecule has 0 aromatic carbocycles. The van der Waals surface area contributed by atoms with Crippen LogP contribution in [-0.2, 0) is 72.9 Å². The van der Waals surface area contributed by atoms with Crippen molar-refractivity contribution in [2.75, 3.05) is 0 Å². The van der Waals surface area contributed by atoms with Gasteiger partial charge in [-0.25, -0.2) is 12.1 Å². The van der Waals surface area contributed by atoms with Gasteiger partial charge in [-0.05, 0) is 0 Å². The molecule has 1 rings (SSSR count). The average Bonchev–Trinajstić information content (AvgIpc) is 1.88. The number of aromatic nitrogens is 1. The van der Waals surface area contributed by atoms with Crippen LogP contribution >= 0.6 is 11.6 Å². The zero-order valence-electron chi connectivity index (χ0n) is 5.69. The summed E-state index contributed by atoms with van der Waals surface area (Å²) in [6.07, 6.45) is 1.30. The first-order valence-corrected chi connectivity index (χ1v) is 3.78. The Bertz CT molecular complexity index is 312. The fourth-order valence-corrected chi connectivity index (χ4v) is 1.09. The summed E-state index contributed by atoms with van der Waals surface area (Å²) in [4.78, 5) is 3.49. The molecule has 63 valence electrons. The number of nitrogens with zero attached hydrogens (tertiary/aromatic N) is 1. The van der Waals surface area contributed by atoms with Crippen molar-refractivity contribution in [3.05, 3.63) is 23.5 Å². The second-order valence-electron chi connectivity index (χ2n) is 1.46. The van der Waals surface area contributed by atoms with Gasteiger partial charge in [-0.1, -0.05) is 17.8 Å². The van der Waals surface area contributed by atoms with E-state index in [-0.39, 0.29) is 63.8 Å². The molecule has 0 aliphatic heterocycles. The topological polar surface area (TPSA) is 47.0 Å². The number of rotatable bonds is 1. The molecule has 1 aromatic rings. The van der Waals surface area contributed by atoms with Crippen LogP contribution in [0.1, 0.15) is 0 Å². The zero-order valence-corrected chi connectivity index (χ0v) is 13.0. The summed E-state index contributed by atoms with van der Waals surface area (Å²) in [5.74, 6) is 0. The number of hydrogen-bond acceptors (Lipinski definition) is 4. The zero-order chi connectivity index (χ0) is 7.56. The Morgan fingerprint density at radius 3 is 2.42 bits per heavy atom. The smallest absolute Gasteiger partial charge is 0.0334 e.